The molecule has 1 amide bonds. The van der Waals surface area contributed by atoms with Gasteiger partial charge in [0.15, 0.2) is 17.4 Å². The number of pyridine rings is 1. The molecule has 3 heterocycles. The number of hydrogen-bond donors (Lipinski definition) is 0. The fourth-order valence-corrected chi connectivity index (χ4v) is 4.13. The Labute approximate surface area is 180 Å². The molecule has 7 nitrogen and oxygen atoms in total. The Morgan fingerprint density at radius 2 is 2.00 bits per heavy atom. The molecule has 32 heavy (non-hydrogen) atoms. The van der Waals surface area contributed by atoms with Gasteiger partial charge in [-0.05, 0) is 37.6 Å². The number of aromatic nitrogens is 4. The van der Waals surface area contributed by atoms with E-state index in [0.717, 1.165) is 11.6 Å². The molecule has 0 spiro atoms. The second kappa shape index (κ2) is 7.57. The number of carbonyl (C=O) groups is 1. The molecule has 0 N–H and O–H groups in total. The average Bonchev–Trinajstić information content (AvgIpc) is 3.14. The summed E-state index contributed by atoms with van der Waals surface area (Å²) in [7, 11) is 0. The van der Waals surface area contributed by atoms with Gasteiger partial charge in [0.1, 0.15) is 11.2 Å². The summed E-state index contributed by atoms with van der Waals surface area (Å²) in [4.78, 5) is 18.1. The highest BCUT2D eigenvalue weighted by Gasteiger charge is 2.48. The highest BCUT2D eigenvalue weighted by Crippen LogP contribution is 2.43. The second-order valence-corrected chi connectivity index (χ2v) is 7.65. The molecule has 11 heteroatoms. The van der Waals surface area contributed by atoms with Crippen molar-refractivity contribution in [3.8, 4) is 11.6 Å². The molecule has 1 unspecified atom stereocenters. The van der Waals surface area contributed by atoms with Gasteiger partial charge in [-0.2, -0.15) is 4.68 Å². The Hall–Kier alpha value is -3.50. The van der Waals surface area contributed by atoms with Crippen molar-refractivity contribution in [2.45, 2.75) is 39.1 Å². The number of alkyl halides is 3. The van der Waals surface area contributed by atoms with Crippen LogP contribution in [-0.4, -0.2) is 43.7 Å². The summed E-state index contributed by atoms with van der Waals surface area (Å²) in [5, 5.41) is 8.39. The van der Waals surface area contributed by atoms with E-state index in [1.165, 1.54) is 35.6 Å². The van der Waals surface area contributed by atoms with Gasteiger partial charge in [-0.1, -0.05) is 17.3 Å². The van der Waals surface area contributed by atoms with Crippen LogP contribution in [0.15, 0.2) is 36.5 Å². The number of ether oxygens (including phenoxy) is 1. The minimum Gasteiger partial charge on any atom is -0.403 e. The summed E-state index contributed by atoms with van der Waals surface area (Å²) in [6.45, 7) is 4.91. The molecular formula is C21H19F4N5O2. The zero-order valence-electron chi connectivity index (χ0n) is 17.4. The predicted molar refractivity (Wildman–Crippen MR) is 105 cm³/mol. The quantitative estimate of drug-likeness (QED) is 0.571. The molecule has 1 aliphatic rings. The van der Waals surface area contributed by atoms with Gasteiger partial charge < -0.3 is 9.64 Å². The highest BCUT2D eigenvalue weighted by molar-refractivity contribution is 5.76. The molecule has 0 aliphatic carbocycles. The summed E-state index contributed by atoms with van der Waals surface area (Å²) >= 11 is 0. The van der Waals surface area contributed by atoms with Crippen molar-refractivity contribution in [3.63, 3.8) is 0 Å². The Kier molecular flexibility index (Phi) is 5.14. The van der Waals surface area contributed by atoms with Gasteiger partial charge in [-0.3, -0.25) is 4.79 Å². The van der Waals surface area contributed by atoms with Crippen molar-refractivity contribution in [2.24, 2.45) is 0 Å². The minimum atomic E-state index is -5.07. The van der Waals surface area contributed by atoms with Gasteiger partial charge in [0.2, 0.25) is 5.91 Å². The average molecular weight is 449 g/mol. The first-order valence-electron chi connectivity index (χ1n) is 9.73. The second-order valence-electron chi connectivity index (χ2n) is 7.65. The zero-order chi connectivity index (χ0) is 23.3. The first-order valence-corrected chi connectivity index (χ1v) is 9.73. The molecule has 0 radical (unpaired) electrons. The van der Waals surface area contributed by atoms with Gasteiger partial charge in [-0.15, -0.1) is 18.3 Å². The number of benzene rings is 1. The van der Waals surface area contributed by atoms with Crippen LogP contribution in [0.4, 0.5) is 17.6 Å². The van der Waals surface area contributed by atoms with Crippen LogP contribution in [0.3, 0.4) is 0 Å². The lowest BCUT2D eigenvalue weighted by molar-refractivity contribution is -0.275. The fraction of sp³-hybridized carbons (Fsp3) is 0.333. The smallest absolute Gasteiger partial charge is 0.403 e. The van der Waals surface area contributed by atoms with E-state index >= 15 is 4.39 Å². The normalized spacial score (nSPS) is 18.4. The molecular weight excluding hydrogens is 430 g/mol. The Morgan fingerprint density at radius 3 is 2.66 bits per heavy atom. The van der Waals surface area contributed by atoms with Crippen LogP contribution < -0.4 is 4.74 Å². The van der Waals surface area contributed by atoms with E-state index in [0.29, 0.717) is 17.9 Å². The number of halogens is 4. The standard InChI is InChI=1S/C21H19F4N5O2/c1-12-7-9-26-17(11-12)30-15-8-10-29(13(2)31)20(3,19(15)27-28-30)14-5-4-6-16(18(14)22)32-21(23,24)25/h4-7,9,11H,8,10H2,1-3H3. The molecule has 0 fully saturated rings. The minimum absolute atomic E-state index is 0.181. The number of fused-ring (bicyclic) bond motifs is 1. The molecule has 4 rings (SSSR count). The van der Waals surface area contributed by atoms with Crippen molar-refractivity contribution in [1.82, 2.24) is 24.9 Å². The van der Waals surface area contributed by atoms with E-state index in [4.69, 9.17) is 0 Å². The molecule has 168 valence electrons. The third-order valence-electron chi connectivity index (χ3n) is 5.55. The fourth-order valence-electron chi connectivity index (χ4n) is 4.13. The third-order valence-corrected chi connectivity index (χ3v) is 5.55. The number of carbonyl (C=O) groups excluding carboxylic acids is 1. The zero-order valence-corrected chi connectivity index (χ0v) is 17.4. The molecule has 1 atom stereocenters. The highest BCUT2D eigenvalue weighted by atomic mass is 19.4. The predicted octanol–water partition coefficient (Wildman–Crippen LogP) is 3.68. The van der Waals surface area contributed by atoms with Crippen LogP contribution in [0.1, 0.15) is 36.4 Å². The number of hydrogen-bond acceptors (Lipinski definition) is 5. The van der Waals surface area contributed by atoms with Crippen LogP contribution in [0.25, 0.3) is 5.82 Å². The molecule has 1 aromatic carbocycles. The van der Waals surface area contributed by atoms with Crippen LogP contribution >= 0.6 is 0 Å². The number of aryl methyl sites for hydroxylation is 1. The lowest BCUT2D eigenvalue weighted by Gasteiger charge is -2.43. The van der Waals surface area contributed by atoms with Crippen LogP contribution in [0.2, 0.25) is 0 Å². The van der Waals surface area contributed by atoms with Gasteiger partial charge in [0, 0.05) is 31.6 Å². The van der Waals surface area contributed by atoms with Gasteiger partial charge in [-0.25, -0.2) is 9.37 Å². The summed E-state index contributed by atoms with van der Waals surface area (Å²) in [6.07, 6.45) is -3.11. The Morgan fingerprint density at radius 1 is 1.25 bits per heavy atom. The molecule has 2 aromatic heterocycles. The Balaban J connectivity index is 1.91. The topological polar surface area (TPSA) is 73.1 Å². The molecule has 3 aromatic rings. The van der Waals surface area contributed by atoms with Crippen LogP contribution in [0, 0.1) is 12.7 Å². The molecule has 0 saturated heterocycles. The third kappa shape index (κ3) is 3.57. The summed E-state index contributed by atoms with van der Waals surface area (Å²) in [6, 6.07) is 7.04. The van der Waals surface area contributed by atoms with E-state index in [-0.39, 0.29) is 23.7 Å². The van der Waals surface area contributed by atoms with Crippen LogP contribution in [0.5, 0.6) is 5.75 Å². The Bertz CT molecular complexity index is 1190. The van der Waals surface area contributed by atoms with Crippen molar-refractivity contribution < 1.29 is 27.1 Å². The van der Waals surface area contributed by atoms with Crippen molar-refractivity contribution in [1.29, 1.82) is 0 Å². The van der Waals surface area contributed by atoms with E-state index < -0.39 is 23.5 Å². The van der Waals surface area contributed by atoms with Crippen LogP contribution in [-0.2, 0) is 16.8 Å². The maximum atomic E-state index is 15.3. The van der Waals surface area contributed by atoms with Gasteiger partial charge >= 0.3 is 6.36 Å². The molecule has 0 bridgehead atoms. The number of amides is 1. The SMILES string of the molecule is CC(=O)N1CCc2c(nnn2-c2cc(C)ccn2)C1(C)c1cccc(OC(F)(F)F)c1F. The van der Waals surface area contributed by atoms with E-state index in [2.05, 4.69) is 20.0 Å². The number of rotatable bonds is 3. The van der Waals surface area contributed by atoms with E-state index in [9.17, 15) is 18.0 Å². The van der Waals surface area contributed by atoms with Gasteiger partial charge in [0.25, 0.3) is 0 Å². The molecule has 1 aliphatic heterocycles. The summed E-state index contributed by atoms with van der Waals surface area (Å²) in [5.74, 6) is -2.11. The number of nitrogens with zero attached hydrogens (tertiary/aromatic N) is 5. The summed E-state index contributed by atoms with van der Waals surface area (Å²) in [5.41, 5.74) is 0.0807. The van der Waals surface area contributed by atoms with Crippen molar-refractivity contribution >= 4 is 5.91 Å². The van der Waals surface area contributed by atoms with Crippen molar-refractivity contribution in [3.05, 3.63) is 64.9 Å². The maximum Gasteiger partial charge on any atom is 0.573 e. The molecule has 0 saturated carbocycles. The summed E-state index contributed by atoms with van der Waals surface area (Å²) < 4.78 is 59.0. The largest absolute Gasteiger partial charge is 0.573 e. The first-order chi connectivity index (χ1) is 15.0. The van der Waals surface area contributed by atoms with Gasteiger partial charge in [0.05, 0.1) is 5.69 Å². The van der Waals surface area contributed by atoms with E-state index in [1.807, 2.05) is 13.0 Å². The maximum absolute atomic E-state index is 15.3. The van der Waals surface area contributed by atoms with Crippen molar-refractivity contribution in [2.75, 3.05) is 6.54 Å². The monoisotopic (exact) mass is 449 g/mol. The lowest BCUT2D eigenvalue weighted by atomic mass is 9.81. The first kappa shape index (κ1) is 21.7. The lowest BCUT2D eigenvalue weighted by Crippen LogP contribution is -2.52. The van der Waals surface area contributed by atoms with E-state index in [1.54, 1.807) is 12.3 Å².